The first-order chi connectivity index (χ1) is 11.7. The monoisotopic (exact) mass is 443 g/mol. The largest absolute Gasteiger partial charge is 0.383 e. The molecule has 7 heteroatoms. The minimum absolute atomic E-state index is 0.162. The fourth-order valence-corrected chi connectivity index (χ4v) is 3.52. The topological polar surface area (TPSA) is 70.7 Å². The number of fused-ring (bicyclic) bond motifs is 1. The van der Waals surface area contributed by atoms with Crippen molar-refractivity contribution in [2.24, 2.45) is 0 Å². The number of carbonyl (C=O) groups is 2. The van der Waals surface area contributed by atoms with Gasteiger partial charge >= 0.3 is 0 Å². The minimum Gasteiger partial charge on any atom is -0.383 e. The molecule has 0 radical (unpaired) electrons. The molecule has 0 bridgehead atoms. The molecular weight excluding hydrogens is 421 g/mol. The first kappa shape index (κ1) is 17.6. The molecule has 130 valence electrons. The van der Waals surface area contributed by atoms with Crippen LogP contribution in [0.4, 0.5) is 5.69 Å². The Kier molecular flexibility index (Phi) is 6.07. The third kappa shape index (κ3) is 4.25. The fraction of sp³-hybridized carbons (Fsp3) is 0.529. The highest BCUT2D eigenvalue weighted by Gasteiger charge is 2.34. The molecule has 1 saturated heterocycles. The first-order valence-electron chi connectivity index (χ1n) is 8.24. The van der Waals surface area contributed by atoms with Gasteiger partial charge in [0.2, 0.25) is 11.8 Å². The summed E-state index contributed by atoms with van der Waals surface area (Å²) in [6.45, 7) is 3.78. The maximum atomic E-state index is 12.0. The Labute approximate surface area is 155 Å². The number of benzene rings is 1. The molecule has 1 fully saturated rings. The van der Waals surface area contributed by atoms with Gasteiger partial charge in [-0.2, -0.15) is 0 Å². The van der Waals surface area contributed by atoms with Crippen LogP contribution in [-0.4, -0.2) is 46.9 Å². The molecule has 1 atom stereocenters. The van der Waals surface area contributed by atoms with E-state index in [0.717, 1.165) is 36.4 Å². The van der Waals surface area contributed by atoms with Crippen molar-refractivity contribution in [1.82, 2.24) is 10.2 Å². The third-order valence-corrected chi connectivity index (χ3v) is 4.84. The van der Waals surface area contributed by atoms with Crippen LogP contribution in [0.15, 0.2) is 18.2 Å². The third-order valence-electron chi connectivity index (χ3n) is 4.40. The van der Waals surface area contributed by atoms with Crippen LogP contribution >= 0.6 is 22.6 Å². The standard InChI is InChI=1S/C17H22IN3O3/c18-5-7-24-8-6-19-14-2-1-12-10-21(11-13(12)9-14)15-3-4-16(22)20-17(15)23/h1-2,9,15,19H,3-8,10-11H2,(H,20,22,23). The van der Waals surface area contributed by atoms with Crippen molar-refractivity contribution in [2.45, 2.75) is 32.0 Å². The van der Waals surface area contributed by atoms with Crippen LogP contribution < -0.4 is 10.6 Å². The lowest BCUT2D eigenvalue weighted by Crippen LogP contribution is -2.50. The van der Waals surface area contributed by atoms with Crippen LogP contribution in [0.2, 0.25) is 0 Å². The van der Waals surface area contributed by atoms with Crippen molar-refractivity contribution in [3.8, 4) is 0 Å². The first-order valence-corrected chi connectivity index (χ1v) is 9.77. The van der Waals surface area contributed by atoms with Crippen molar-refractivity contribution in [1.29, 1.82) is 0 Å². The van der Waals surface area contributed by atoms with Crippen LogP contribution in [0.25, 0.3) is 0 Å². The maximum absolute atomic E-state index is 12.0. The van der Waals surface area contributed by atoms with E-state index < -0.39 is 0 Å². The average molecular weight is 443 g/mol. The van der Waals surface area contributed by atoms with Gasteiger partial charge in [-0.25, -0.2) is 0 Å². The molecule has 0 saturated carbocycles. The summed E-state index contributed by atoms with van der Waals surface area (Å²) in [5.74, 6) is -0.325. The number of anilines is 1. The number of piperidine rings is 1. The molecule has 1 aromatic rings. The van der Waals surface area contributed by atoms with Gasteiger partial charge < -0.3 is 10.1 Å². The second kappa shape index (κ2) is 8.26. The number of alkyl halides is 1. The molecule has 24 heavy (non-hydrogen) atoms. The van der Waals surface area contributed by atoms with E-state index in [1.54, 1.807) is 0 Å². The second-order valence-corrected chi connectivity index (χ2v) is 7.16. The lowest BCUT2D eigenvalue weighted by molar-refractivity contribution is -0.137. The molecule has 2 aliphatic heterocycles. The summed E-state index contributed by atoms with van der Waals surface area (Å²) in [5.41, 5.74) is 3.58. The summed E-state index contributed by atoms with van der Waals surface area (Å²) in [4.78, 5) is 25.5. The number of imide groups is 1. The number of halogens is 1. The number of hydrogen-bond acceptors (Lipinski definition) is 5. The van der Waals surface area contributed by atoms with E-state index in [1.807, 2.05) is 0 Å². The summed E-state index contributed by atoms with van der Waals surface area (Å²) in [7, 11) is 0. The number of nitrogens with one attached hydrogen (secondary N) is 2. The van der Waals surface area contributed by atoms with Gasteiger partial charge in [0, 0.05) is 36.2 Å². The number of carbonyl (C=O) groups excluding carboxylic acids is 2. The zero-order valence-corrected chi connectivity index (χ0v) is 15.7. The number of rotatable bonds is 7. The molecule has 3 rings (SSSR count). The number of hydrogen-bond donors (Lipinski definition) is 2. The van der Waals surface area contributed by atoms with Crippen LogP contribution in [0.3, 0.4) is 0 Å². The van der Waals surface area contributed by atoms with Crippen molar-refractivity contribution in [2.75, 3.05) is 29.5 Å². The lowest BCUT2D eigenvalue weighted by atomic mass is 10.0. The molecule has 2 aliphatic rings. The van der Waals surface area contributed by atoms with Gasteiger partial charge in [-0.15, -0.1) is 0 Å². The summed E-state index contributed by atoms with van der Waals surface area (Å²) >= 11 is 2.30. The summed E-state index contributed by atoms with van der Waals surface area (Å²) in [6, 6.07) is 6.15. The van der Waals surface area contributed by atoms with Gasteiger partial charge in [-0.05, 0) is 29.7 Å². The Morgan fingerprint density at radius 1 is 1.25 bits per heavy atom. The van der Waals surface area contributed by atoms with Crippen molar-refractivity contribution < 1.29 is 14.3 Å². The predicted molar refractivity (Wildman–Crippen MR) is 100 cm³/mol. The van der Waals surface area contributed by atoms with Crippen molar-refractivity contribution in [3.63, 3.8) is 0 Å². The molecule has 0 aromatic heterocycles. The van der Waals surface area contributed by atoms with E-state index in [0.29, 0.717) is 19.4 Å². The highest BCUT2D eigenvalue weighted by Crippen LogP contribution is 2.29. The Balaban J connectivity index is 1.55. The van der Waals surface area contributed by atoms with Gasteiger partial charge in [0.05, 0.1) is 19.3 Å². The van der Waals surface area contributed by atoms with Crippen LogP contribution in [0, 0.1) is 0 Å². The van der Waals surface area contributed by atoms with Crippen molar-refractivity contribution in [3.05, 3.63) is 29.3 Å². The maximum Gasteiger partial charge on any atom is 0.243 e. The molecule has 0 spiro atoms. The number of ether oxygens (including phenoxy) is 1. The Bertz CT molecular complexity index is 623. The zero-order valence-electron chi connectivity index (χ0n) is 13.5. The summed E-state index contributed by atoms with van der Waals surface area (Å²) in [6.07, 6.45) is 1.03. The summed E-state index contributed by atoms with van der Waals surface area (Å²) < 4.78 is 6.47. The van der Waals surface area contributed by atoms with Gasteiger partial charge in [-0.3, -0.25) is 19.8 Å². The Morgan fingerprint density at radius 2 is 2.08 bits per heavy atom. The number of amides is 2. The molecular formula is C17H22IN3O3. The summed E-state index contributed by atoms with van der Waals surface area (Å²) in [5, 5.41) is 5.82. The molecule has 6 nitrogen and oxygen atoms in total. The zero-order chi connectivity index (χ0) is 16.9. The van der Waals surface area contributed by atoms with Gasteiger partial charge in [0.15, 0.2) is 0 Å². The highest BCUT2D eigenvalue weighted by molar-refractivity contribution is 14.1. The molecule has 1 unspecified atom stereocenters. The van der Waals surface area contributed by atoms with E-state index in [4.69, 9.17) is 4.74 Å². The molecule has 2 N–H and O–H groups in total. The lowest BCUT2D eigenvalue weighted by Gasteiger charge is -2.29. The average Bonchev–Trinajstić information content (AvgIpc) is 2.97. The Morgan fingerprint density at radius 3 is 2.88 bits per heavy atom. The van der Waals surface area contributed by atoms with E-state index in [-0.39, 0.29) is 17.9 Å². The predicted octanol–water partition coefficient (Wildman–Crippen LogP) is 1.67. The minimum atomic E-state index is -0.201. The van der Waals surface area contributed by atoms with Gasteiger partial charge in [0.25, 0.3) is 0 Å². The highest BCUT2D eigenvalue weighted by atomic mass is 127. The van der Waals surface area contributed by atoms with Crippen LogP contribution in [0.5, 0.6) is 0 Å². The van der Waals surface area contributed by atoms with E-state index in [2.05, 4.69) is 56.3 Å². The van der Waals surface area contributed by atoms with E-state index in [9.17, 15) is 9.59 Å². The van der Waals surface area contributed by atoms with Crippen LogP contribution in [0.1, 0.15) is 24.0 Å². The van der Waals surface area contributed by atoms with E-state index in [1.165, 1.54) is 11.1 Å². The number of nitrogens with zero attached hydrogens (tertiary/aromatic N) is 1. The second-order valence-electron chi connectivity index (χ2n) is 6.08. The molecule has 0 aliphatic carbocycles. The normalized spacial score (nSPS) is 20.8. The molecule has 2 amide bonds. The Hall–Kier alpha value is -1.19. The smallest absolute Gasteiger partial charge is 0.243 e. The molecule has 1 aromatic carbocycles. The van der Waals surface area contributed by atoms with Crippen molar-refractivity contribution >= 4 is 40.1 Å². The van der Waals surface area contributed by atoms with Gasteiger partial charge in [-0.1, -0.05) is 28.7 Å². The van der Waals surface area contributed by atoms with Crippen LogP contribution in [-0.2, 0) is 27.4 Å². The SMILES string of the molecule is O=C1CCC(N2Cc3ccc(NCCOCCI)cc3C2)C(=O)N1. The van der Waals surface area contributed by atoms with E-state index >= 15 is 0 Å². The molecule has 2 heterocycles. The van der Waals surface area contributed by atoms with Gasteiger partial charge in [0.1, 0.15) is 0 Å². The fourth-order valence-electron chi connectivity index (χ4n) is 3.21. The quantitative estimate of drug-likeness (QED) is 0.291.